The Hall–Kier alpha value is -5.90. The number of allylic oxidation sites excluding steroid dienone is 2. The Morgan fingerprint density at radius 3 is 1.96 bits per heavy atom. The van der Waals surface area contributed by atoms with E-state index in [0.717, 1.165) is 11.3 Å². The topological polar surface area (TPSA) is 123 Å². The second-order valence-electron chi connectivity index (χ2n) is 14.2. The molecule has 0 aromatic heterocycles. The van der Waals surface area contributed by atoms with E-state index in [1.807, 2.05) is 62.3 Å². The lowest BCUT2D eigenvalue weighted by molar-refractivity contribution is -0.131. The summed E-state index contributed by atoms with van der Waals surface area (Å²) in [5.74, 6) is -4.51. The number of anilines is 3. The van der Waals surface area contributed by atoms with Crippen molar-refractivity contribution in [3.8, 4) is 5.75 Å². The summed E-state index contributed by atoms with van der Waals surface area (Å²) in [6.45, 7) is 1.81. The Balaban J connectivity index is 1.12. The fourth-order valence-electron chi connectivity index (χ4n) is 8.77. The van der Waals surface area contributed by atoms with Crippen molar-refractivity contribution >= 4 is 52.1 Å². The number of carbonyl (C=O) groups is 4. The third kappa shape index (κ3) is 4.99. The minimum Gasteiger partial charge on any atom is -0.508 e. The number of rotatable bonds is 6. The van der Waals surface area contributed by atoms with Crippen LogP contribution in [-0.4, -0.2) is 42.8 Å². The predicted molar refractivity (Wildman–Crippen MR) is 193 cm³/mol. The van der Waals surface area contributed by atoms with Crippen molar-refractivity contribution in [1.82, 2.24) is 0 Å². The highest BCUT2D eigenvalue weighted by atomic mass is 16.3. The number of azo groups is 1. The third-order valence-corrected chi connectivity index (χ3v) is 11.3. The first-order valence-electron chi connectivity index (χ1n) is 17.2. The maximum atomic E-state index is 14.5. The molecule has 2 heterocycles. The number of aromatic hydroxyl groups is 1. The van der Waals surface area contributed by atoms with Crippen molar-refractivity contribution in [3.63, 3.8) is 0 Å². The molecule has 4 amide bonds. The van der Waals surface area contributed by atoms with Gasteiger partial charge in [-0.3, -0.25) is 24.1 Å². The first-order valence-corrected chi connectivity index (χ1v) is 17.2. The second kappa shape index (κ2) is 12.2. The molecule has 2 aliphatic carbocycles. The Bertz CT molecular complexity index is 2130. The van der Waals surface area contributed by atoms with Crippen LogP contribution in [-0.2, 0) is 19.2 Å². The molecule has 1 saturated carbocycles. The van der Waals surface area contributed by atoms with Gasteiger partial charge in [0.15, 0.2) is 0 Å². The molecule has 3 fully saturated rings. The quantitative estimate of drug-likeness (QED) is 0.130. The van der Waals surface area contributed by atoms with E-state index in [1.54, 1.807) is 72.8 Å². The summed E-state index contributed by atoms with van der Waals surface area (Å²) in [6, 6.07) is 30.3. The molecule has 2 saturated heterocycles. The average molecular weight is 680 g/mol. The summed E-state index contributed by atoms with van der Waals surface area (Å²) in [5, 5.41) is 19.8. The number of imide groups is 2. The third-order valence-electron chi connectivity index (χ3n) is 11.3. The summed E-state index contributed by atoms with van der Waals surface area (Å²) < 4.78 is 0. The number of phenols is 1. The number of benzene rings is 4. The molecule has 4 aromatic rings. The maximum absolute atomic E-state index is 14.5. The molecule has 6 atom stereocenters. The number of carbonyl (C=O) groups excluding carboxylic acids is 4. The molecule has 1 N–H and O–H groups in total. The standard InChI is InChI=1S/C41H37N5O5/c1-41-33(38(49)46(40(41)51)27-9-5-4-6-10-27)23-32-29(36(41)30-11-7-8-12-34(30)47)21-22-31-35(32)39(50)45(37(31)48)28-19-15-25(16-20-28)43-42-24-13-17-26(18-14-24)44(2)3/h4-21,31-33,35-36,47H,22-23H2,1-3H3/t31-,32+,33-,35-,36+,41+/m0/s1. The van der Waals surface area contributed by atoms with E-state index in [0.29, 0.717) is 34.7 Å². The number of amides is 4. The van der Waals surface area contributed by atoms with Crippen molar-refractivity contribution < 1.29 is 24.3 Å². The number of fused-ring (bicyclic) bond motifs is 4. The lowest BCUT2D eigenvalue weighted by Crippen LogP contribution is -2.48. The average Bonchev–Trinajstić information content (AvgIpc) is 3.51. The van der Waals surface area contributed by atoms with Crippen LogP contribution < -0.4 is 14.7 Å². The molecule has 51 heavy (non-hydrogen) atoms. The molecule has 10 heteroatoms. The zero-order valence-electron chi connectivity index (χ0n) is 28.5. The van der Waals surface area contributed by atoms with Gasteiger partial charge in [0, 0.05) is 31.3 Å². The molecule has 4 aromatic carbocycles. The Morgan fingerprint density at radius 1 is 0.706 bits per heavy atom. The van der Waals surface area contributed by atoms with Crippen LogP contribution in [0.1, 0.15) is 31.2 Å². The molecule has 4 aliphatic rings. The van der Waals surface area contributed by atoms with Crippen LogP contribution in [0.25, 0.3) is 0 Å². The molecule has 2 aliphatic heterocycles. The number of para-hydroxylation sites is 2. The smallest absolute Gasteiger partial charge is 0.241 e. The lowest BCUT2D eigenvalue weighted by Gasteiger charge is -2.49. The van der Waals surface area contributed by atoms with E-state index in [-0.39, 0.29) is 35.8 Å². The van der Waals surface area contributed by atoms with E-state index in [4.69, 9.17) is 0 Å². The summed E-state index contributed by atoms with van der Waals surface area (Å²) in [5.41, 5.74) is 3.38. The van der Waals surface area contributed by atoms with E-state index in [2.05, 4.69) is 10.2 Å². The number of nitrogens with zero attached hydrogens (tertiary/aromatic N) is 5. The summed E-state index contributed by atoms with van der Waals surface area (Å²) in [6.07, 6.45) is 2.53. The van der Waals surface area contributed by atoms with Crippen molar-refractivity contribution in [2.24, 2.45) is 39.3 Å². The molecule has 0 spiro atoms. The van der Waals surface area contributed by atoms with E-state index < -0.39 is 35.0 Å². The van der Waals surface area contributed by atoms with E-state index >= 15 is 0 Å². The Morgan fingerprint density at radius 2 is 1.31 bits per heavy atom. The first-order chi connectivity index (χ1) is 24.6. The molecule has 10 nitrogen and oxygen atoms in total. The van der Waals surface area contributed by atoms with Gasteiger partial charge in [-0.2, -0.15) is 10.2 Å². The van der Waals surface area contributed by atoms with Crippen molar-refractivity contribution in [3.05, 3.63) is 120 Å². The van der Waals surface area contributed by atoms with Crippen LogP contribution in [0.2, 0.25) is 0 Å². The van der Waals surface area contributed by atoms with Crippen LogP contribution >= 0.6 is 0 Å². The SMILES string of the molecule is CN(C)c1ccc(N=Nc2ccc(N3C(=O)[C@H]4[C@H](CC=C5[C@H]4C[C@H]4C(=O)N(c6ccccc6)C(=O)[C@@]4(C)[C@H]5c4ccccc4O)C3=O)cc2)cc1. The highest BCUT2D eigenvalue weighted by Crippen LogP contribution is 2.64. The first kappa shape index (κ1) is 32.3. The number of hydrogen-bond acceptors (Lipinski definition) is 8. The van der Waals surface area contributed by atoms with Crippen molar-refractivity contribution in [1.29, 1.82) is 0 Å². The Labute approximate surface area is 295 Å². The summed E-state index contributed by atoms with van der Waals surface area (Å²) >= 11 is 0. The number of hydrogen-bond donors (Lipinski definition) is 1. The van der Waals surface area contributed by atoms with Crippen LogP contribution in [0, 0.1) is 29.1 Å². The fraction of sp³-hybridized carbons (Fsp3) is 0.268. The Kier molecular flexibility index (Phi) is 7.70. The molecule has 256 valence electrons. The normalized spacial score (nSPS) is 27.0. The van der Waals surface area contributed by atoms with Crippen LogP contribution in [0.4, 0.5) is 28.4 Å². The van der Waals surface area contributed by atoms with Crippen molar-refractivity contribution in [2.75, 3.05) is 28.8 Å². The molecule has 0 unspecified atom stereocenters. The lowest BCUT2D eigenvalue weighted by atomic mass is 9.51. The van der Waals surface area contributed by atoms with Crippen LogP contribution in [0.3, 0.4) is 0 Å². The van der Waals surface area contributed by atoms with Gasteiger partial charge < -0.3 is 10.0 Å². The zero-order valence-corrected chi connectivity index (χ0v) is 28.5. The van der Waals surface area contributed by atoms with Crippen LogP contribution in [0.5, 0.6) is 5.75 Å². The van der Waals surface area contributed by atoms with Crippen molar-refractivity contribution in [2.45, 2.75) is 25.7 Å². The van der Waals surface area contributed by atoms with Gasteiger partial charge >= 0.3 is 0 Å². The van der Waals surface area contributed by atoms with Gasteiger partial charge in [-0.1, -0.05) is 48.0 Å². The highest BCUT2D eigenvalue weighted by molar-refractivity contribution is 6.25. The van der Waals surface area contributed by atoms with Gasteiger partial charge in [0.2, 0.25) is 23.6 Å². The molecule has 0 radical (unpaired) electrons. The predicted octanol–water partition coefficient (Wildman–Crippen LogP) is 7.31. The summed E-state index contributed by atoms with van der Waals surface area (Å²) in [4.78, 5) is 61.7. The van der Waals surface area contributed by atoms with E-state index in [9.17, 15) is 24.3 Å². The molecular formula is C41H37N5O5. The minimum absolute atomic E-state index is 0.0165. The van der Waals surface area contributed by atoms with Gasteiger partial charge in [0.25, 0.3) is 0 Å². The minimum atomic E-state index is -1.22. The second-order valence-corrected chi connectivity index (χ2v) is 14.2. The van der Waals surface area contributed by atoms with Gasteiger partial charge in [-0.15, -0.1) is 0 Å². The number of phenolic OH excluding ortho intramolecular Hbond substituents is 1. The largest absolute Gasteiger partial charge is 0.508 e. The molecule has 8 rings (SSSR count). The highest BCUT2D eigenvalue weighted by Gasteiger charge is 2.68. The van der Waals surface area contributed by atoms with Gasteiger partial charge in [-0.25, -0.2) is 4.90 Å². The van der Waals surface area contributed by atoms with Crippen LogP contribution in [0.15, 0.2) is 125 Å². The van der Waals surface area contributed by atoms with Gasteiger partial charge in [0.1, 0.15) is 5.75 Å². The van der Waals surface area contributed by atoms with Gasteiger partial charge in [0.05, 0.1) is 45.9 Å². The summed E-state index contributed by atoms with van der Waals surface area (Å²) in [7, 11) is 3.93. The molecular weight excluding hydrogens is 642 g/mol. The maximum Gasteiger partial charge on any atom is 0.241 e. The van der Waals surface area contributed by atoms with Gasteiger partial charge in [-0.05, 0) is 92.4 Å². The zero-order chi connectivity index (χ0) is 35.6. The molecule has 0 bridgehead atoms. The van der Waals surface area contributed by atoms with E-state index in [1.165, 1.54) is 9.80 Å². The fourth-order valence-corrected chi connectivity index (χ4v) is 8.77. The monoisotopic (exact) mass is 679 g/mol.